The van der Waals surface area contributed by atoms with Gasteiger partial charge >= 0.3 is 5.97 Å². The van der Waals surface area contributed by atoms with E-state index in [2.05, 4.69) is 0 Å². The van der Waals surface area contributed by atoms with Gasteiger partial charge in [0.15, 0.2) is 0 Å². The molecule has 0 saturated carbocycles. The second kappa shape index (κ2) is 6.76. The number of nitrogens with zero attached hydrogens (tertiary/aromatic N) is 2. The first kappa shape index (κ1) is 17.9. The van der Waals surface area contributed by atoms with E-state index in [-0.39, 0.29) is 23.6 Å². The highest BCUT2D eigenvalue weighted by atomic mass is 32.2. The Balaban J connectivity index is 1.97. The van der Waals surface area contributed by atoms with Crippen LogP contribution in [0.2, 0.25) is 0 Å². The highest BCUT2D eigenvalue weighted by Crippen LogP contribution is 2.35. The molecule has 1 fully saturated rings. The summed E-state index contributed by atoms with van der Waals surface area (Å²) in [5, 5.41) is 9.45. The van der Waals surface area contributed by atoms with Crippen molar-refractivity contribution in [1.29, 1.82) is 0 Å². The fourth-order valence-corrected chi connectivity index (χ4v) is 5.07. The fraction of sp³-hybridized carbons (Fsp3) is 0.529. The number of aliphatic carboxylic acids is 1. The van der Waals surface area contributed by atoms with Crippen LogP contribution in [-0.2, 0) is 26.0 Å². The number of rotatable bonds is 5. The molecule has 1 aromatic rings. The normalized spacial score (nSPS) is 20.7. The fourth-order valence-electron chi connectivity index (χ4n) is 3.51. The number of carboxylic acid groups (broad SMARTS) is 1. The third kappa shape index (κ3) is 3.16. The number of carboxylic acids is 1. The maximum absolute atomic E-state index is 12.7. The number of anilines is 1. The molecular weight excluding hydrogens is 344 g/mol. The maximum Gasteiger partial charge on any atom is 0.327 e. The molecule has 1 atom stereocenters. The molecule has 0 spiro atoms. The molecule has 3 rings (SSSR count). The Morgan fingerprint density at radius 3 is 2.52 bits per heavy atom. The molecular formula is C17H22N2O5S. The van der Waals surface area contributed by atoms with Gasteiger partial charge in [0.2, 0.25) is 15.9 Å². The van der Waals surface area contributed by atoms with E-state index in [0.717, 1.165) is 12.8 Å². The second-order valence-electron chi connectivity index (χ2n) is 6.47. The van der Waals surface area contributed by atoms with E-state index < -0.39 is 22.0 Å². The maximum atomic E-state index is 12.7. The summed E-state index contributed by atoms with van der Waals surface area (Å²) >= 11 is 0. The molecule has 0 bridgehead atoms. The van der Waals surface area contributed by atoms with Crippen LogP contribution in [0.15, 0.2) is 23.1 Å². The highest BCUT2D eigenvalue weighted by Gasteiger charge is 2.39. The van der Waals surface area contributed by atoms with Gasteiger partial charge in [-0.1, -0.05) is 6.92 Å². The van der Waals surface area contributed by atoms with E-state index >= 15 is 0 Å². The Bertz CT molecular complexity index is 799. The molecule has 1 N–H and O–H groups in total. The molecule has 0 radical (unpaired) electrons. The van der Waals surface area contributed by atoms with E-state index in [1.807, 2.05) is 6.92 Å². The lowest BCUT2D eigenvalue weighted by Gasteiger charge is -2.22. The molecule has 1 saturated heterocycles. The number of benzene rings is 1. The highest BCUT2D eigenvalue weighted by molar-refractivity contribution is 7.89. The van der Waals surface area contributed by atoms with Crippen molar-refractivity contribution in [3.63, 3.8) is 0 Å². The van der Waals surface area contributed by atoms with Gasteiger partial charge in [-0.05, 0) is 43.0 Å². The van der Waals surface area contributed by atoms with Crippen molar-refractivity contribution in [2.75, 3.05) is 18.0 Å². The zero-order valence-corrected chi connectivity index (χ0v) is 15.0. The van der Waals surface area contributed by atoms with Crippen molar-refractivity contribution in [2.24, 2.45) is 0 Å². The van der Waals surface area contributed by atoms with Gasteiger partial charge < -0.3 is 5.11 Å². The van der Waals surface area contributed by atoms with Crippen LogP contribution in [-0.4, -0.2) is 48.8 Å². The Labute approximate surface area is 147 Å². The van der Waals surface area contributed by atoms with Crippen LogP contribution >= 0.6 is 0 Å². The number of sulfonamides is 1. The van der Waals surface area contributed by atoms with E-state index in [9.17, 15) is 23.1 Å². The molecule has 7 nitrogen and oxygen atoms in total. The first-order valence-electron chi connectivity index (χ1n) is 8.54. The summed E-state index contributed by atoms with van der Waals surface area (Å²) in [5.74, 6) is -1.33. The van der Waals surface area contributed by atoms with Crippen molar-refractivity contribution < 1.29 is 23.1 Å². The molecule has 2 aliphatic heterocycles. The summed E-state index contributed by atoms with van der Waals surface area (Å²) in [6.07, 6.45) is 2.72. The van der Waals surface area contributed by atoms with E-state index in [1.165, 1.54) is 21.3 Å². The van der Waals surface area contributed by atoms with E-state index in [0.29, 0.717) is 30.8 Å². The lowest BCUT2D eigenvalue weighted by atomic mass is 10.1. The Kier molecular flexibility index (Phi) is 4.83. The van der Waals surface area contributed by atoms with Crippen molar-refractivity contribution in [3.05, 3.63) is 23.8 Å². The molecule has 25 heavy (non-hydrogen) atoms. The van der Waals surface area contributed by atoms with Crippen LogP contribution < -0.4 is 4.90 Å². The molecule has 2 heterocycles. The molecule has 1 amide bonds. The first-order chi connectivity index (χ1) is 11.9. The van der Waals surface area contributed by atoms with Gasteiger partial charge in [0.1, 0.15) is 6.04 Å². The molecule has 2 aliphatic rings. The Hall–Kier alpha value is -1.93. The molecule has 0 aliphatic carbocycles. The van der Waals surface area contributed by atoms with Gasteiger partial charge in [0.25, 0.3) is 0 Å². The molecule has 8 heteroatoms. The van der Waals surface area contributed by atoms with Gasteiger partial charge in [-0.2, -0.15) is 4.31 Å². The monoisotopic (exact) mass is 366 g/mol. The van der Waals surface area contributed by atoms with Gasteiger partial charge in [-0.15, -0.1) is 0 Å². The number of hydrogen-bond acceptors (Lipinski definition) is 4. The zero-order chi connectivity index (χ0) is 18.2. The molecule has 1 unspecified atom stereocenters. The zero-order valence-electron chi connectivity index (χ0n) is 14.1. The van der Waals surface area contributed by atoms with Crippen LogP contribution in [0.1, 0.15) is 38.2 Å². The summed E-state index contributed by atoms with van der Waals surface area (Å²) < 4.78 is 26.9. The Morgan fingerprint density at radius 2 is 1.92 bits per heavy atom. The number of hydrogen-bond donors (Lipinski definition) is 1. The molecule has 136 valence electrons. The summed E-state index contributed by atoms with van der Waals surface area (Å²) in [6, 6.07) is 3.59. The first-order valence-corrected chi connectivity index (χ1v) is 9.98. The SMILES string of the molecule is CCCC(=O)N1c2ccc(S(=O)(=O)N3CCCC3)cc2CC1C(=O)O. The summed E-state index contributed by atoms with van der Waals surface area (Å²) in [7, 11) is -3.56. The summed E-state index contributed by atoms with van der Waals surface area (Å²) in [5.41, 5.74) is 1.10. The standard InChI is InChI=1S/C17H22N2O5S/c1-2-5-16(20)19-14-7-6-13(10-12(14)11-15(19)17(21)22)25(23,24)18-8-3-4-9-18/h6-7,10,15H,2-5,8-9,11H2,1H3,(H,21,22). The number of amides is 1. The number of carbonyl (C=O) groups excluding carboxylic acids is 1. The minimum atomic E-state index is -3.56. The molecule has 1 aromatic carbocycles. The minimum Gasteiger partial charge on any atom is -0.480 e. The van der Waals surface area contributed by atoms with Crippen LogP contribution in [0.5, 0.6) is 0 Å². The predicted octanol–water partition coefficient (Wildman–Crippen LogP) is 1.61. The average Bonchev–Trinajstić information content (AvgIpc) is 3.22. The smallest absolute Gasteiger partial charge is 0.327 e. The van der Waals surface area contributed by atoms with Crippen molar-refractivity contribution in [1.82, 2.24) is 4.31 Å². The minimum absolute atomic E-state index is 0.128. The van der Waals surface area contributed by atoms with E-state index in [1.54, 1.807) is 6.07 Å². The van der Waals surface area contributed by atoms with E-state index in [4.69, 9.17) is 0 Å². The van der Waals surface area contributed by atoms with Crippen molar-refractivity contribution in [2.45, 2.75) is 50.0 Å². The molecule has 0 aromatic heterocycles. The van der Waals surface area contributed by atoms with Gasteiger partial charge in [0, 0.05) is 31.6 Å². The average molecular weight is 366 g/mol. The topological polar surface area (TPSA) is 95.0 Å². The predicted molar refractivity (Wildman–Crippen MR) is 92.0 cm³/mol. The van der Waals surface area contributed by atoms with Crippen LogP contribution in [0.3, 0.4) is 0 Å². The van der Waals surface area contributed by atoms with Crippen LogP contribution in [0.4, 0.5) is 5.69 Å². The lowest BCUT2D eigenvalue weighted by Crippen LogP contribution is -2.42. The third-order valence-electron chi connectivity index (χ3n) is 4.76. The summed E-state index contributed by atoms with van der Waals surface area (Å²) in [6.45, 7) is 2.88. The summed E-state index contributed by atoms with van der Waals surface area (Å²) in [4.78, 5) is 25.4. The second-order valence-corrected chi connectivity index (χ2v) is 8.41. The lowest BCUT2D eigenvalue weighted by molar-refractivity contribution is -0.139. The van der Waals surface area contributed by atoms with Crippen LogP contribution in [0, 0.1) is 0 Å². The van der Waals surface area contributed by atoms with Crippen molar-refractivity contribution >= 4 is 27.6 Å². The quantitative estimate of drug-likeness (QED) is 0.854. The van der Waals surface area contributed by atoms with Crippen LogP contribution in [0.25, 0.3) is 0 Å². The van der Waals surface area contributed by atoms with Gasteiger partial charge in [0.05, 0.1) is 4.90 Å². The number of fused-ring (bicyclic) bond motifs is 1. The third-order valence-corrected chi connectivity index (χ3v) is 6.65. The van der Waals surface area contributed by atoms with Gasteiger partial charge in [-0.3, -0.25) is 9.69 Å². The Morgan fingerprint density at radius 1 is 1.24 bits per heavy atom. The number of carbonyl (C=O) groups is 2. The largest absolute Gasteiger partial charge is 0.480 e. The van der Waals surface area contributed by atoms with Crippen molar-refractivity contribution in [3.8, 4) is 0 Å². The van der Waals surface area contributed by atoms with Gasteiger partial charge in [-0.25, -0.2) is 13.2 Å².